The van der Waals surface area contributed by atoms with E-state index >= 15 is 0 Å². The minimum absolute atomic E-state index is 0.0857. The summed E-state index contributed by atoms with van der Waals surface area (Å²) in [5.41, 5.74) is 1.60. The highest BCUT2D eigenvalue weighted by molar-refractivity contribution is 14.1. The average molecular weight is 386 g/mol. The number of hydrogen-bond donors (Lipinski definition) is 1. The summed E-state index contributed by atoms with van der Waals surface area (Å²) in [4.78, 5) is 12.2. The molecular formula is C15H13ClINO. The van der Waals surface area contributed by atoms with E-state index in [0.717, 1.165) is 9.13 Å². The van der Waals surface area contributed by atoms with E-state index in [1.807, 2.05) is 55.5 Å². The lowest BCUT2D eigenvalue weighted by Crippen LogP contribution is -2.27. The van der Waals surface area contributed by atoms with E-state index in [9.17, 15) is 4.79 Å². The summed E-state index contributed by atoms with van der Waals surface area (Å²) >= 11 is 8.28. The summed E-state index contributed by atoms with van der Waals surface area (Å²) in [5.74, 6) is -0.0857. The number of carbonyl (C=O) groups is 1. The van der Waals surface area contributed by atoms with Gasteiger partial charge >= 0.3 is 0 Å². The molecular weight excluding hydrogens is 373 g/mol. The van der Waals surface area contributed by atoms with Crippen LogP contribution in [0.3, 0.4) is 0 Å². The van der Waals surface area contributed by atoms with Gasteiger partial charge in [0, 0.05) is 8.59 Å². The Kier molecular flexibility index (Phi) is 4.82. The zero-order chi connectivity index (χ0) is 13.8. The van der Waals surface area contributed by atoms with Gasteiger partial charge in [0.05, 0.1) is 11.6 Å². The van der Waals surface area contributed by atoms with Crippen molar-refractivity contribution in [2.24, 2.45) is 0 Å². The molecule has 1 atom stereocenters. The summed E-state index contributed by atoms with van der Waals surface area (Å²) < 4.78 is 0.934. The van der Waals surface area contributed by atoms with Crippen molar-refractivity contribution in [3.05, 3.63) is 68.3 Å². The summed E-state index contributed by atoms with van der Waals surface area (Å²) in [5, 5.41) is 3.63. The Hall–Kier alpha value is -1.07. The third kappa shape index (κ3) is 3.48. The molecule has 0 radical (unpaired) electrons. The Morgan fingerprint density at radius 2 is 1.79 bits per heavy atom. The van der Waals surface area contributed by atoms with Crippen molar-refractivity contribution in [2.45, 2.75) is 13.0 Å². The highest BCUT2D eigenvalue weighted by atomic mass is 127. The fraction of sp³-hybridized carbons (Fsp3) is 0.133. The molecule has 2 rings (SSSR count). The lowest BCUT2D eigenvalue weighted by atomic mass is 10.1. The third-order valence-electron chi connectivity index (χ3n) is 2.84. The SMILES string of the molecule is CC(NC(=O)c1ccccc1I)c1ccccc1Cl. The van der Waals surface area contributed by atoms with E-state index in [1.165, 1.54) is 0 Å². The first kappa shape index (κ1) is 14.3. The van der Waals surface area contributed by atoms with Gasteiger partial charge in [0.2, 0.25) is 0 Å². The van der Waals surface area contributed by atoms with Gasteiger partial charge in [0.1, 0.15) is 0 Å². The van der Waals surface area contributed by atoms with E-state index in [4.69, 9.17) is 11.6 Å². The van der Waals surface area contributed by atoms with Crippen LogP contribution >= 0.6 is 34.2 Å². The molecule has 19 heavy (non-hydrogen) atoms. The van der Waals surface area contributed by atoms with Crippen LogP contribution in [0.15, 0.2) is 48.5 Å². The second kappa shape index (κ2) is 6.39. The first-order valence-corrected chi connectivity index (χ1v) is 7.35. The quantitative estimate of drug-likeness (QED) is 0.778. The lowest BCUT2D eigenvalue weighted by molar-refractivity contribution is 0.0939. The molecule has 0 saturated carbocycles. The average Bonchev–Trinajstić information content (AvgIpc) is 2.39. The molecule has 4 heteroatoms. The van der Waals surface area contributed by atoms with Gasteiger partial charge in [-0.1, -0.05) is 41.9 Å². The predicted molar refractivity (Wildman–Crippen MR) is 86.5 cm³/mol. The summed E-state index contributed by atoms with van der Waals surface area (Å²) in [7, 11) is 0. The van der Waals surface area contributed by atoms with Crippen molar-refractivity contribution in [3.63, 3.8) is 0 Å². The third-order valence-corrected chi connectivity index (χ3v) is 4.12. The molecule has 0 aliphatic rings. The maximum atomic E-state index is 12.2. The first-order chi connectivity index (χ1) is 9.09. The summed E-state index contributed by atoms with van der Waals surface area (Å²) in [6, 6.07) is 14.9. The number of rotatable bonds is 3. The van der Waals surface area contributed by atoms with Crippen LogP contribution in [0.2, 0.25) is 5.02 Å². The number of carbonyl (C=O) groups excluding carboxylic acids is 1. The van der Waals surface area contributed by atoms with E-state index in [0.29, 0.717) is 10.6 Å². The molecule has 0 aliphatic carbocycles. The molecule has 2 nitrogen and oxygen atoms in total. The van der Waals surface area contributed by atoms with Gasteiger partial charge in [0.25, 0.3) is 5.91 Å². The minimum atomic E-state index is -0.128. The van der Waals surface area contributed by atoms with Crippen LogP contribution in [0.4, 0.5) is 0 Å². The highest BCUT2D eigenvalue weighted by Crippen LogP contribution is 2.22. The molecule has 1 unspecified atom stereocenters. The van der Waals surface area contributed by atoms with Crippen molar-refractivity contribution in [1.29, 1.82) is 0 Å². The largest absolute Gasteiger partial charge is 0.345 e. The monoisotopic (exact) mass is 385 g/mol. The fourth-order valence-corrected chi connectivity index (χ4v) is 2.76. The van der Waals surface area contributed by atoms with Gasteiger partial charge in [-0.15, -0.1) is 0 Å². The molecule has 1 amide bonds. The van der Waals surface area contributed by atoms with E-state index in [2.05, 4.69) is 27.9 Å². The normalized spacial score (nSPS) is 11.9. The Balaban J connectivity index is 2.16. The van der Waals surface area contributed by atoms with Crippen LogP contribution in [0.25, 0.3) is 0 Å². The van der Waals surface area contributed by atoms with E-state index in [-0.39, 0.29) is 11.9 Å². The molecule has 98 valence electrons. The molecule has 0 fully saturated rings. The predicted octanol–water partition coefficient (Wildman–Crippen LogP) is 4.44. The minimum Gasteiger partial charge on any atom is -0.345 e. The fourth-order valence-electron chi connectivity index (χ4n) is 1.82. The zero-order valence-electron chi connectivity index (χ0n) is 10.4. The van der Waals surface area contributed by atoms with Gasteiger partial charge < -0.3 is 5.32 Å². The van der Waals surface area contributed by atoms with Crippen molar-refractivity contribution >= 4 is 40.1 Å². The van der Waals surface area contributed by atoms with Crippen LogP contribution < -0.4 is 5.32 Å². The number of hydrogen-bond acceptors (Lipinski definition) is 1. The van der Waals surface area contributed by atoms with Gasteiger partial charge in [-0.2, -0.15) is 0 Å². The molecule has 0 aromatic heterocycles. The van der Waals surface area contributed by atoms with Gasteiger partial charge in [-0.05, 0) is 53.3 Å². The molecule has 2 aromatic rings. The van der Waals surface area contributed by atoms with Crippen molar-refractivity contribution in [2.75, 3.05) is 0 Å². The van der Waals surface area contributed by atoms with Crippen LogP contribution in [-0.2, 0) is 0 Å². The second-order valence-electron chi connectivity index (χ2n) is 4.20. The Morgan fingerprint density at radius 1 is 1.16 bits per heavy atom. The Morgan fingerprint density at radius 3 is 2.47 bits per heavy atom. The summed E-state index contributed by atoms with van der Waals surface area (Å²) in [6.45, 7) is 1.93. The van der Waals surface area contributed by atoms with Crippen LogP contribution in [-0.4, -0.2) is 5.91 Å². The van der Waals surface area contributed by atoms with E-state index in [1.54, 1.807) is 0 Å². The number of benzene rings is 2. The second-order valence-corrected chi connectivity index (χ2v) is 5.77. The standard InChI is InChI=1S/C15H13ClINO/c1-10(11-6-2-4-8-13(11)16)18-15(19)12-7-3-5-9-14(12)17/h2-10H,1H3,(H,18,19). The zero-order valence-corrected chi connectivity index (χ0v) is 13.3. The molecule has 0 spiro atoms. The van der Waals surface area contributed by atoms with Crippen molar-refractivity contribution < 1.29 is 4.79 Å². The number of amides is 1. The summed E-state index contributed by atoms with van der Waals surface area (Å²) in [6.07, 6.45) is 0. The van der Waals surface area contributed by atoms with Gasteiger partial charge in [-0.25, -0.2) is 0 Å². The van der Waals surface area contributed by atoms with Gasteiger partial charge in [0.15, 0.2) is 0 Å². The molecule has 0 saturated heterocycles. The highest BCUT2D eigenvalue weighted by Gasteiger charge is 2.15. The maximum Gasteiger partial charge on any atom is 0.252 e. The smallest absolute Gasteiger partial charge is 0.252 e. The van der Waals surface area contributed by atoms with Gasteiger partial charge in [-0.3, -0.25) is 4.79 Å². The Bertz CT molecular complexity index is 600. The molecule has 0 bridgehead atoms. The van der Waals surface area contributed by atoms with Crippen LogP contribution in [0.5, 0.6) is 0 Å². The number of halogens is 2. The first-order valence-electron chi connectivity index (χ1n) is 5.89. The number of nitrogens with one attached hydrogen (secondary N) is 1. The molecule has 0 aliphatic heterocycles. The topological polar surface area (TPSA) is 29.1 Å². The molecule has 0 heterocycles. The lowest BCUT2D eigenvalue weighted by Gasteiger charge is -2.16. The van der Waals surface area contributed by atoms with Crippen molar-refractivity contribution in [1.82, 2.24) is 5.32 Å². The maximum absolute atomic E-state index is 12.2. The van der Waals surface area contributed by atoms with E-state index < -0.39 is 0 Å². The Labute approximate surface area is 131 Å². The molecule has 1 N–H and O–H groups in total. The van der Waals surface area contributed by atoms with Crippen LogP contribution in [0.1, 0.15) is 28.9 Å². The van der Waals surface area contributed by atoms with Crippen molar-refractivity contribution in [3.8, 4) is 0 Å². The molecule has 2 aromatic carbocycles. The van der Waals surface area contributed by atoms with Crippen LogP contribution in [0, 0.1) is 3.57 Å².